The molecule has 0 atom stereocenters. The summed E-state index contributed by atoms with van der Waals surface area (Å²) < 4.78 is 6.77. The molecule has 0 spiro atoms. The maximum atomic E-state index is 12.9. The summed E-state index contributed by atoms with van der Waals surface area (Å²) >= 11 is 0. The van der Waals surface area contributed by atoms with Crippen molar-refractivity contribution in [2.45, 2.75) is 51.0 Å². The van der Waals surface area contributed by atoms with E-state index in [0.29, 0.717) is 6.61 Å². The molecule has 0 aliphatic heterocycles. The zero-order valence-corrected chi connectivity index (χ0v) is 13.3. The first-order valence-electron chi connectivity index (χ1n) is 8.71. The highest BCUT2D eigenvalue weighted by atomic mass is 16.5. The van der Waals surface area contributed by atoms with Crippen LogP contribution in [0.1, 0.15) is 51.0 Å². The van der Waals surface area contributed by atoms with Crippen molar-refractivity contribution in [3.05, 3.63) is 35.0 Å². The van der Waals surface area contributed by atoms with Crippen molar-refractivity contribution in [3.8, 4) is 5.75 Å². The maximum Gasteiger partial charge on any atom is 0.182 e. The number of rotatable bonds is 4. The van der Waals surface area contributed by atoms with Gasteiger partial charge in [0.15, 0.2) is 11.8 Å². The Balaban J connectivity index is 1.56. The summed E-state index contributed by atoms with van der Waals surface area (Å²) in [6.07, 6.45) is 9.24. The van der Waals surface area contributed by atoms with Crippen molar-refractivity contribution in [3.63, 3.8) is 0 Å². The van der Waals surface area contributed by atoms with Crippen molar-refractivity contribution < 1.29 is 9.48 Å². The summed E-state index contributed by atoms with van der Waals surface area (Å²) in [5.74, 6) is 3.27. The minimum Gasteiger partial charge on any atom is -0.623 e. The second-order valence-corrected chi connectivity index (χ2v) is 7.60. The van der Waals surface area contributed by atoms with Gasteiger partial charge in [0.1, 0.15) is 5.75 Å². The van der Waals surface area contributed by atoms with Crippen molar-refractivity contribution >= 4 is 6.21 Å². The molecule has 22 heavy (non-hydrogen) atoms. The highest BCUT2D eigenvalue weighted by Crippen LogP contribution is 2.56. The summed E-state index contributed by atoms with van der Waals surface area (Å²) in [5, 5.41) is 12.9. The minimum absolute atomic E-state index is 0.104. The molecule has 3 heteroatoms. The molecule has 5 rings (SSSR count). The van der Waals surface area contributed by atoms with E-state index in [0.717, 1.165) is 48.3 Å². The third-order valence-corrected chi connectivity index (χ3v) is 5.93. The van der Waals surface area contributed by atoms with Crippen LogP contribution in [-0.2, 0) is 0 Å². The number of hydrogen-bond donors (Lipinski definition) is 0. The van der Waals surface area contributed by atoms with Crippen molar-refractivity contribution in [2.24, 2.45) is 17.8 Å². The zero-order chi connectivity index (χ0) is 15.2. The van der Waals surface area contributed by atoms with Gasteiger partial charge in [-0.05, 0) is 68.2 Å². The fraction of sp³-hybridized carbons (Fsp3) is 0.632. The van der Waals surface area contributed by atoms with Gasteiger partial charge in [-0.2, -0.15) is 0 Å². The Hall–Kier alpha value is -1.51. The van der Waals surface area contributed by atoms with Crippen LogP contribution in [0.25, 0.3) is 0 Å². The van der Waals surface area contributed by atoms with E-state index in [9.17, 15) is 5.21 Å². The van der Waals surface area contributed by atoms with E-state index in [4.69, 9.17) is 4.74 Å². The van der Waals surface area contributed by atoms with E-state index < -0.39 is 0 Å². The summed E-state index contributed by atoms with van der Waals surface area (Å²) in [7, 11) is 0. The van der Waals surface area contributed by atoms with Crippen LogP contribution < -0.4 is 4.74 Å². The Bertz CT molecular complexity index is 540. The van der Waals surface area contributed by atoms with Crippen LogP contribution in [0, 0.1) is 23.0 Å². The second kappa shape index (κ2) is 5.29. The predicted molar refractivity (Wildman–Crippen MR) is 87.3 cm³/mol. The Morgan fingerprint density at radius 3 is 2.14 bits per heavy atom. The van der Waals surface area contributed by atoms with Crippen LogP contribution in [0.4, 0.5) is 0 Å². The summed E-state index contributed by atoms with van der Waals surface area (Å²) in [4.78, 5) is 0. The lowest BCUT2D eigenvalue weighted by molar-refractivity contribution is -0.566. The highest BCUT2D eigenvalue weighted by Gasteiger charge is 2.56. The van der Waals surface area contributed by atoms with E-state index >= 15 is 0 Å². The van der Waals surface area contributed by atoms with Gasteiger partial charge in [0.05, 0.1) is 6.61 Å². The van der Waals surface area contributed by atoms with Gasteiger partial charge in [-0.3, -0.25) is 0 Å². The SMILES string of the molecule is CCOc1ccc(C=[N+]([O-])C23CC4CC(CC(C4)C2)C3)cc1. The molecule has 0 amide bonds. The summed E-state index contributed by atoms with van der Waals surface area (Å²) in [5.41, 5.74) is 0.877. The first kappa shape index (κ1) is 14.1. The lowest BCUT2D eigenvalue weighted by Gasteiger charge is -2.54. The standard InChI is InChI=1S/C19H25NO2/c1-2-22-18-5-3-14(4-6-18)13-20(21)19-10-15-7-16(11-19)9-17(8-15)12-19/h3-6,13,15-17H,2,7-12H2,1H3. The maximum absolute atomic E-state index is 12.9. The third kappa shape index (κ3) is 2.41. The first-order valence-corrected chi connectivity index (χ1v) is 8.71. The molecule has 118 valence electrons. The van der Waals surface area contributed by atoms with Gasteiger partial charge < -0.3 is 9.94 Å². The largest absolute Gasteiger partial charge is 0.623 e. The summed E-state index contributed by atoms with van der Waals surface area (Å²) in [6, 6.07) is 7.86. The number of benzene rings is 1. The fourth-order valence-electron chi connectivity index (χ4n) is 5.42. The number of nitrogens with zero attached hydrogens (tertiary/aromatic N) is 1. The number of hydroxylamine groups is 1. The van der Waals surface area contributed by atoms with Crippen molar-refractivity contribution in [1.29, 1.82) is 0 Å². The molecule has 0 saturated heterocycles. The average Bonchev–Trinajstić information content (AvgIpc) is 2.48. The molecular weight excluding hydrogens is 274 g/mol. The van der Waals surface area contributed by atoms with Gasteiger partial charge in [-0.25, -0.2) is 4.74 Å². The predicted octanol–water partition coefficient (Wildman–Crippen LogP) is 3.98. The average molecular weight is 299 g/mol. The van der Waals surface area contributed by atoms with Crippen LogP contribution in [0.5, 0.6) is 5.75 Å². The Morgan fingerprint density at radius 1 is 1.09 bits per heavy atom. The highest BCUT2D eigenvalue weighted by molar-refractivity contribution is 5.76. The molecule has 0 aromatic heterocycles. The quantitative estimate of drug-likeness (QED) is 0.365. The Labute approximate surface area is 132 Å². The van der Waals surface area contributed by atoms with E-state index in [1.807, 2.05) is 37.4 Å². The first-order chi connectivity index (χ1) is 10.7. The molecule has 1 aromatic carbocycles. The van der Waals surface area contributed by atoms with E-state index in [1.165, 1.54) is 24.0 Å². The molecule has 0 N–H and O–H groups in total. The Morgan fingerprint density at radius 2 is 1.64 bits per heavy atom. The smallest absolute Gasteiger partial charge is 0.182 e. The second-order valence-electron chi connectivity index (χ2n) is 7.60. The van der Waals surface area contributed by atoms with Gasteiger partial charge in [0, 0.05) is 24.8 Å². The van der Waals surface area contributed by atoms with Crippen molar-refractivity contribution in [2.75, 3.05) is 6.61 Å². The van der Waals surface area contributed by atoms with Gasteiger partial charge in [0.25, 0.3) is 0 Å². The third-order valence-electron chi connectivity index (χ3n) is 5.93. The minimum atomic E-state index is -0.104. The van der Waals surface area contributed by atoms with Gasteiger partial charge in [0.2, 0.25) is 0 Å². The normalized spacial score (nSPS) is 36.6. The molecule has 4 bridgehead atoms. The molecular formula is C19H25NO2. The lowest BCUT2D eigenvalue weighted by Crippen LogP contribution is -2.55. The molecule has 0 radical (unpaired) electrons. The van der Waals surface area contributed by atoms with Gasteiger partial charge >= 0.3 is 0 Å². The van der Waals surface area contributed by atoms with Crippen LogP contribution in [0.2, 0.25) is 0 Å². The number of hydrogen-bond acceptors (Lipinski definition) is 2. The van der Waals surface area contributed by atoms with Crippen LogP contribution >= 0.6 is 0 Å². The van der Waals surface area contributed by atoms with E-state index in [1.54, 1.807) is 0 Å². The lowest BCUT2D eigenvalue weighted by atomic mass is 9.53. The molecule has 3 nitrogen and oxygen atoms in total. The van der Waals surface area contributed by atoms with E-state index in [-0.39, 0.29) is 5.54 Å². The molecule has 0 unspecified atom stereocenters. The number of ether oxygens (including phenoxy) is 1. The van der Waals surface area contributed by atoms with Crippen LogP contribution in [0.3, 0.4) is 0 Å². The van der Waals surface area contributed by atoms with Gasteiger partial charge in [-0.1, -0.05) is 0 Å². The zero-order valence-electron chi connectivity index (χ0n) is 13.3. The Kier molecular flexibility index (Phi) is 3.39. The molecule has 4 fully saturated rings. The molecule has 4 saturated carbocycles. The van der Waals surface area contributed by atoms with Crippen molar-refractivity contribution in [1.82, 2.24) is 0 Å². The van der Waals surface area contributed by atoms with E-state index in [2.05, 4.69) is 0 Å². The molecule has 4 aliphatic rings. The fourth-order valence-corrected chi connectivity index (χ4v) is 5.42. The van der Waals surface area contributed by atoms with Crippen LogP contribution in [-0.4, -0.2) is 23.1 Å². The molecule has 4 aliphatic carbocycles. The topological polar surface area (TPSA) is 35.3 Å². The van der Waals surface area contributed by atoms with Crippen LogP contribution in [0.15, 0.2) is 24.3 Å². The molecule has 0 heterocycles. The van der Waals surface area contributed by atoms with Gasteiger partial charge in [-0.15, -0.1) is 0 Å². The monoisotopic (exact) mass is 299 g/mol. The summed E-state index contributed by atoms with van der Waals surface area (Å²) in [6.45, 7) is 2.65. The molecule has 1 aromatic rings.